The Bertz CT molecular complexity index is 1610. The number of urea groups is 1. The van der Waals surface area contributed by atoms with Crippen LogP contribution in [-0.2, 0) is 6.54 Å². The standard InChI is InChI=1S/C37H42N4O5/c1-25-21-41(26(2)24-42)36(43)32-11-8-12-33(39-37(44)38-30-17-19-31(45-4)20-18-30)35(32)46-34(25)23-40(3)22-27-13-15-29(16-14-27)28-9-6-5-7-10-28/h5-20,25-26,34,42H,21-24H2,1-4H3,(H2,38,39,44)/t25-,26+,34-/m0/s1. The first-order chi connectivity index (χ1) is 22.2. The summed E-state index contributed by atoms with van der Waals surface area (Å²) in [4.78, 5) is 30.8. The number of hydrogen-bond donors (Lipinski definition) is 3. The van der Waals surface area contributed by atoms with Crippen molar-refractivity contribution in [3.8, 4) is 22.6 Å². The van der Waals surface area contributed by atoms with Gasteiger partial charge in [-0.3, -0.25) is 9.69 Å². The van der Waals surface area contributed by atoms with E-state index in [1.807, 2.05) is 32.2 Å². The van der Waals surface area contributed by atoms with Gasteiger partial charge in [-0.05, 0) is 67.1 Å². The first-order valence-corrected chi connectivity index (χ1v) is 15.5. The van der Waals surface area contributed by atoms with E-state index in [1.165, 1.54) is 16.7 Å². The maximum atomic E-state index is 13.8. The van der Waals surface area contributed by atoms with E-state index in [1.54, 1.807) is 54.5 Å². The van der Waals surface area contributed by atoms with Crippen LogP contribution >= 0.6 is 0 Å². The van der Waals surface area contributed by atoms with Crippen LogP contribution in [0.4, 0.5) is 16.2 Å². The minimum atomic E-state index is -0.474. The molecule has 0 saturated heterocycles. The van der Waals surface area contributed by atoms with Crippen LogP contribution in [0.3, 0.4) is 0 Å². The van der Waals surface area contributed by atoms with Gasteiger partial charge in [0.05, 0.1) is 31.0 Å². The zero-order chi connectivity index (χ0) is 32.6. The number of carbonyl (C=O) groups excluding carboxylic acids is 2. The fourth-order valence-electron chi connectivity index (χ4n) is 5.64. The average molecular weight is 623 g/mol. The lowest BCUT2D eigenvalue weighted by Gasteiger charge is -2.38. The number of anilines is 2. The SMILES string of the molecule is COc1ccc(NC(=O)Nc2cccc3c2O[C@@H](CN(C)Cc2ccc(-c4ccccc4)cc2)[C@@H](C)CN([C@H](C)CO)C3=O)cc1. The number of aliphatic hydroxyl groups excluding tert-OH is 1. The average Bonchev–Trinajstić information content (AvgIpc) is 3.07. The first-order valence-electron chi connectivity index (χ1n) is 15.5. The van der Waals surface area contributed by atoms with Gasteiger partial charge in [-0.25, -0.2) is 4.79 Å². The molecule has 9 heteroatoms. The minimum Gasteiger partial charge on any atom is -0.497 e. The van der Waals surface area contributed by atoms with E-state index >= 15 is 0 Å². The molecule has 3 atom stereocenters. The minimum absolute atomic E-state index is 0.0739. The number of hydrogen-bond acceptors (Lipinski definition) is 6. The predicted molar refractivity (Wildman–Crippen MR) is 181 cm³/mol. The van der Waals surface area contributed by atoms with E-state index in [0.29, 0.717) is 48.1 Å². The van der Waals surface area contributed by atoms with Crippen LogP contribution in [0.1, 0.15) is 29.8 Å². The fraction of sp³-hybridized carbons (Fsp3) is 0.297. The van der Waals surface area contributed by atoms with Crippen LogP contribution in [0, 0.1) is 5.92 Å². The van der Waals surface area contributed by atoms with Crippen LogP contribution < -0.4 is 20.1 Å². The number of rotatable bonds is 10. The summed E-state index contributed by atoms with van der Waals surface area (Å²) in [7, 11) is 3.63. The number of aliphatic hydroxyl groups is 1. The second-order valence-corrected chi connectivity index (χ2v) is 11.9. The summed E-state index contributed by atoms with van der Waals surface area (Å²) in [6.07, 6.45) is -0.318. The zero-order valence-electron chi connectivity index (χ0n) is 26.8. The Kier molecular flexibility index (Phi) is 10.6. The number of ether oxygens (including phenoxy) is 2. The van der Waals surface area contributed by atoms with E-state index in [0.717, 1.165) is 0 Å². The highest BCUT2D eigenvalue weighted by Gasteiger charge is 2.34. The highest BCUT2D eigenvalue weighted by Crippen LogP contribution is 2.35. The summed E-state index contributed by atoms with van der Waals surface area (Å²) in [6, 6.07) is 30.1. The van der Waals surface area contributed by atoms with Crippen molar-refractivity contribution in [3.63, 3.8) is 0 Å². The fourth-order valence-corrected chi connectivity index (χ4v) is 5.64. The molecule has 4 aromatic carbocycles. The maximum absolute atomic E-state index is 13.8. The number of amides is 3. The van der Waals surface area contributed by atoms with Gasteiger partial charge in [0.15, 0.2) is 5.75 Å². The molecule has 5 rings (SSSR count). The highest BCUT2D eigenvalue weighted by atomic mass is 16.5. The third-order valence-electron chi connectivity index (χ3n) is 8.29. The normalized spacial score (nSPS) is 16.9. The number of para-hydroxylation sites is 1. The van der Waals surface area contributed by atoms with Crippen molar-refractivity contribution in [3.05, 3.63) is 108 Å². The molecule has 3 amide bonds. The quantitative estimate of drug-likeness (QED) is 0.190. The van der Waals surface area contributed by atoms with Crippen LogP contribution in [-0.4, -0.2) is 72.8 Å². The summed E-state index contributed by atoms with van der Waals surface area (Å²) >= 11 is 0. The molecular weight excluding hydrogens is 580 g/mol. The molecule has 3 N–H and O–H groups in total. The Hall–Kier alpha value is -4.86. The summed E-state index contributed by atoms with van der Waals surface area (Å²) in [5.74, 6) is 0.658. The first kappa shape index (κ1) is 32.5. The molecule has 0 spiro atoms. The Morgan fingerprint density at radius 1 is 0.978 bits per heavy atom. The Morgan fingerprint density at radius 2 is 1.67 bits per heavy atom. The predicted octanol–water partition coefficient (Wildman–Crippen LogP) is 6.36. The van der Waals surface area contributed by atoms with Crippen molar-refractivity contribution in [1.29, 1.82) is 0 Å². The summed E-state index contributed by atoms with van der Waals surface area (Å²) in [6.45, 7) is 5.41. The van der Waals surface area contributed by atoms with E-state index < -0.39 is 12.1 Å². The van der Waals surface area contributed by atoms with Crippen molar-refractivity contribution < 1.29 is 24.2 Å². The highest BCUT2D eigenvalue weighted by molar-refractivity contribution is 6.04. The molecule has 0 bridgehead atoms. The number of fused-ring (bicyclic) bond motifs is 1. The molecule has 0 radical (unpaired) electrons. The van der Waals surface area contributed by atoms with Gasteiger partial charge in [0.1, 0.15) is 11.9 Å². The van der Waals surface area contributed by atoms with Gasteiger partial charge in [-0.15, -0.1) is 0 Å². The van der Waals surface area contributed by atoms with E-state index in [2.05, 4.69) is 58.9 Å². The van der Waals surface area contributed by atoms with Gasteiger partial charge in [0.25, 0.3) is 5.91 Å². The number of nitrogens with one attached hydrogen (secondary N) is 2. The van der Waals surface area contributed by atoms with E-state index in [-0.39, 0.29) is 24.5 Å². The second-order valence-electron chi connectivity index (χ2n) is 11.9. The lowest BCUT2D eigenvalue weighted by atomic mass is 9.98. The van der Waals surface area contributed by atoms with E-state index in [9.17, 15) is 14.7 Å². The van der Waals surface area contributed by atoms with Crippen molar-refractivity contribution in [2.24, 2.45) is 5.92 Å². The molecular formula is C37H42N4O5. The van der Waals surface area contributed by atoms with Gasteiger partial charge in [-0.2, -0.15) is 0 Å². The van der Waals surface area contributed by atoms with Gasteiger partial charge >= 0.3 is 6.03 Å². The van der Waals surface area contributed by atoms with Crippen molar-refractivity contribution >= 4 is 23.3 Å². The smallest absolute Gasteiger partial charge is 0.323 e. The zero-order valence-corrected chi connectivity index (χ0v) is 26.8. The summed E-state index contributed by atoms with van der Waals surface area (Å²) < 4.78 is 11.9. The van der Waals surface area contributed by atoms with Crippen molar-refractivity contribution in [2.45, 2.75) is 32.5 Å². The third-order valence-corrected chi connectivity index (χ3v) is 8.29. The number of nitrogens with zero attached hydrogens (tertiary/aromatic N) is 2. The summed E-state index contributed by atoms with van der Waals surface area (Å²) in [5, 5.41) is 15.7. The van der Waals surface area contributed by atoms with Crippen molar-refractivity contribution in [1.82, 2.24) is 9.80 Å². The largest absolute Gasteiger partial charge is 0.497 e. The second kappa shape index (κ2) is 14.9. The molecule has 46 heavy (non-hydrogen) atoms. The van der Waals surface area contributed by atoms with Crippen LogP contribution in [0.2, 0.25) is 0 Å². The van der Waals surface area contributed by atoms with Gasteiger partial charge in [-0.1, -0.05) is 67.6 Å². The molecule has 240 valence electrons. The van der Waals surface area contributed by atoms with Gasteiger partial charge < -0.3 is 30.1 Å². The number of methoxy groups -OCH3 is 1. The molecule has 0 saturated carbocycles. The lowest BCUT2D eigenvalue weighted by Crippen LogP contribution is -2.49. The molecule has 0 fully saturated rings. The Balaban J connectivity index is 1.36. The van der Waals surface area contributed by atoms with Gasteiger partial charge in [0, 0.05) is 31.2 Å². The maximum Gasteiger partial charge on any atom is 0.323 e. The van der Waals surface area contributed by atoms with Crippen LogP contribution in [0.5, 0.6) is 11.5 Å². The van der Waals surface area contributed by atoms with E-state index in [4.69, 9.17) is 9.47 Å². The molecule has 1 heterocycles. The number of carbonyl (C=O) groups is 2. The molecule has 0 aromatic heterocycles. The molecule has 1 aliphatic heterocycles. The topological polar surface area (TPSA) is 103 Å². The third kappa shape index (κ3) is 7.85. The van der Waals surface area contributed by atoms with Gasteiger partial charge in [0.2, 0.25) is 0 Å². The Labute approximate surface area is 270 Å². The lowest BCUT2D eigenvalue weighted by molar-refractivity contribution is 0.0343. The van der Waals surface area contributed by atoms with Crippen LogP contribution in [0.15, 0.2) is 97.1 Å². The molecule has 0 unspecified atom stereocenters. The number of likely N-dealkylation sites (N-methyl/N-ethyl adjacent to an activating group) is 1. The number of benzene rings is 4. The van der Waals surface area contributed by atoms with Crippen molar-refractivity contribution in [2.75, 3.05) is 44.5 Å². The molecule has 9 nitrogen and oxygen atoms in total. The molecule has 0 aliphatic carbocycles. The summed E-state index contributed by atoms with van der Waals surface area (Å²) in [5.41, 5.74) is 4.81. The monoisotopic (exact) mass is 622 g/mol. The van der Waals surface area contributed by atoms with Crippen LogP contribution in [0.25, 0.3) is 11.1 Å². The molecule has 1 aliphatic rings. The Morgan fingerprint density at radius 3 is 2.35 bits per heavy atom. The molecule has 4 aromatic rings.